The zero-order valence-corrected chi connectivity index (χ0v) is 20.3. The SMILES string of the molecule is O=C(OC/C(=C\Cc1ccccc1)c1ccccc1)OC/C(=C\Cc1ccccc1)c1ccccc1. The third-order valence-electron chi connectivity index (χ3n) is 5.83. The average Bonchev–Trinajstić information content (AvgIpc) is 2.95. The summed E-state index contributed by atoms with van der Waals surface area (Å²) in [5.74, 6) is 0. The molecule has 4 aromatic rings. The zero-order valence-electron chi connectivity index (χ0n) is 20.3. The Labute approximate surface area is 213 Å². The number of carbonyl (C=O) groups is 1. The molecule has 4 aromatic carbocycles. The summed E-state index contributed by atoms with van der Waals surface area (Å²) in [6, 6.07) is 40.4. The molecule has 0 unspecified atom stereocenters. The van der Waals surface area contributed by atoms with Gasteiger partial charge in [0.2, 0.25) is 0 Å². The third kappa shape index (κ3) is 7.85. The molecule has 3 nitrogen and oxygen atoms in total. The van der Waals surface area contributed by atoms with Gasteiger partial charge in [-0.3, -0.25) is 0 Å². The first-order valence-electron chi connectivity index (χ1n) is 12.1. The molecule has 0 aliphatic carbocycles. The van der Waals surface area contributed by atoms with E-state index in [9.17, 15) is 4.79 Å². The van der Waals surface area contributed by atoms with Crippen molar-refractivity contribution in [2.24, 2.45) is 0 Å². The number of benzene rings is 4. The molecule has 0 aliphatic heterocycles. The predicted molar refractivity (Wildman–Crippen MR) is 146 cm³/mol. The smallest absolute Gasteiger partial charge is 0.429 e. The number of carbonyl (C=O) groups excluding carboxylic acids is 1. The van der Waals surface area contributed by atoms with Crippen LogP contribution in [0.3, 0.4) is 0 Å². The van der Waals surface area contributed by atoms with Gasteiger partial charge in [-0.05, 0) is 46.2 Å². The molecule has 0 N–H and O–H groups in total. The molecule has 0 spiro atoms. The summed E-state index contributed by atoms with van der Waals surface area (Å²) < 4.78 is 11.1. The molecule has 0 bridgehead atoms. The van der Waals surface area contributed by atoms with Crippen LogP contribution in [0.4, 0.5) is 4.79 Å². The first kappa shape index (κ1) is 24.7. The highest BCUT2D eigenvalue weighted by Crippen LogP contribution is 2.19. The lowest BCUT2D eigenvalue weighted by Gasteiger charge is -2.12. The highest BCUT2D eigenvalue weighted by Gasteiger charge is 2.11. The van der Waals surface area contributed by atoms with Crippen LogP contribution in [0.5, 0.6) is 0 Å². The van der Waals surface area contributed by atoms with Crippen LogP contribution >= 0.6 is 0 Å². The monoisotopic (exact) mass is 474 g/mol. The molecule has 0 heterocycles. The van der Waals surface area contributed by atoms with Gasteiger partial charge in [0.15, 0.2) is 0 Å². The average molecular weight is 475 g/mol. The van der Waals surface area contributed by atoms with Crippen LogP contribution in [0.2, 0.25) is 0 Å². The minimum Gasteiger partial charge on any atom is -0.429 e. The minimum atomic E-state index is -0.682. The lowest BCUT2D eigenvalue weighted by atomic mass is 10.0. The Hall–Kier alpha value is -4.37. The number of allylic oxidation sites excluding steroid dienone is 2. The molecular formula is C33H30O3. The topological polar surface area (TPSA) is 35.5 Å². The second kappa shape index (κ2) is 13.5. The van der Waals surface area contributed by atoms with E-state index in [4.69, 9.17) is 9.47 Å². The van der Waals surface area contributed by atoms with Gasteiger partial charge in [0.25, 0.3) is 0 Å². The largest absolute Gasteiger partial charge is 0.508 e. The van der Waals surface area contributed by atoms with Gasteiger partial charge >= 0.3 is 6.16 Å². The van der Waals surface area contributed by atoms with Crippen molar-refractivity contribution in [3.63, 3.8) is 0 Å². The first-order valence-corrected chi connectivity index (χ1v) is 12.1. The summed E-state index contributed by atoms with van der Waals surface area (Å²) in [5.41, 5.74) is 6.33. The first-order chi connectivity index (χ1) is 17.8. The standard InChI is InChI=1S/C33H30O3/c34-33(35-25-31(29-17-9-3-10-18-29)23-21-27-13-5-1-6-14-27)36-26-32(30-19-11-4-12-20-30)24-22-28-15-7-2-8-16-28/h1-20,23-24H,21-22,25-26H2/b31-23+,32-24+. The molecule has 0 fully saturated rings. The Bertz CT molecular complexity index is 1160. The lowest BCUT2D eigenvalue weighted by molar-refractivity contribution is 0.0745. The number of ether oxygens (including phenoxy) is 2. The Morgan fingerprint density at radius 2 is 0.833 bits per heavy atom. The van der Waals surface area contributed by atoms with Crippen molar-refractivity contribution in [3.05, 3.63) is 156 Å². The van der Waals surface area contributed by atoms with Crippen LogP contribution in [-0.2, 0) is 22.3 Å². The van der Waals surface area contributed by atoms with Crippen LogP contribution in [0, 0.1) is 0 Å². The molecule has 0 aliphatic rings. The fourth-order valence-electron chi connectivity index (χ4n) is 3.85. The van der Waals surface area contributed by atoms with Gasteiger partial charge in [-0.1, -0.05) is 133 Å². The van der Waals surface area contributed by atoms with Gasteiger partial charge in [-0.25, -0.2) is 4.79 Å². The molecule has 4 rings (SSSR count). The third-order valence-corrected chi connectivity index (χ3v) is 5.83. The number of hydrogen-bond donors (Lipinski definition) is 0. The summed E-state index contributed by atoms with van der Waals surface area (Å²) in [7, 11) is 0. The molecule has 0 amide bonds. The summed E-state index contributed by atoms with van der Waals surface area (Å²) in [4.78, 5) is 12.6. The maximum absolute atomic E-state index is 12.6. The number of rotatable bonds is 10. The van der Waals surface area contributed by atoms with Gasteiger partial charge in [-0.2, -0.15) is 0 Å². The molecule has 36 heavy (non-hydrogen) atoms. The van der Waals surface area contributed by atoms with Crippen LogP contribution in [0.15, 0.2) is 133 Å². The van der Waals surface area contributed by atoms with Crippen LogP contribution < -0.4 is 0 Å². The quantitative estimate of drug-likeness (QED) is 0.220. The molecule has 0 radical (unpaired) electrons. The summed E-state index contributed by atoms with van der Waals surface area (Å²) in [5, 5.41) is 0. The fourth-order valence-corrected chi connectivity index (χ4v) is 3.85. The van der Waals surface area contributed by atoms with E-state index >= 15 is 0 Å². The maximum Gasteiger partial charge on any atom is 0.508 e. The van der Waals surface area contributed by atoms with E-state index in [-0.39, 0.29) is 13.2 Å². The van der Waals surface area contributed by atoms with Crippen molar-refractivity contribution in [2.75, 3.05) is 13.2 Å². The van der Waals surface area contributed by atoms with Crippen LogP contribution in [-0.4, -0.2) is 19.4 Å². The molecule has 0 atom stereocenters. The summed E-state index contributed by atoms with van der Waals surface area (Å²) >= 11 is 0. The van der Waals surface area contributed by atoms with E-state index in [1.807, 2.05) is 97.1 Å². The van der Waals surface area contributed by atoms with Crippen molar-refractivity contribution in [3.8, 4) is 0 Å². The summed E-state index contributed by atoms with van der Waals surface area (Å²) in [6.45, 7) is 0.286. The van der Waals surface area contributed by atoms with E-state index in [2.05, 4.69) is 36.4 Å². The van der Waals surface area contributed by atoms with Gasteiger partial charge in [0, 0.05) is 0 Å². The van der Waals surface area contributed by atoms with E-state index < -0.39 is 6.16 Å². The Kier molecular flexibility index (Phi) is 9.28. The van der Waals surface area contributed by atoms with Crippen LogP contribution in [0.25, 0.3) is 11.1 Å². The van der Waals surface area contributed by atoms with Crippen molar-refractivity contribution in [1.82, 2.24) is 0 Å². The lowest BCUT2D eigenvalue weighted by Crippen LogP contribution is -2.11. The van der Waals surface area contributed by atoms with E-state index in [1.54, 1.807) is 0 Å². The fraction of sp³-hybridized carbons (Fsp3) is 0.121. The van der Waals surface area contributed by atoms with Gasteiger partial charge in [0.1, 0.15) is 13.2 Å². The molecular weight excluding hydrogens is 444 g/mol. The highest BCUT2D eigenvalue weighted by atomic mass is 16.7. The molecule has 180 valence electrons. The second-order valence-electron chi connectivity index (χ2n) is 8.40. The molecule has 3 heteroatoms. The Balaban J connectivity index is 1.39. The van der Waals surface area contributed by atoms with Crippen molar-refractivity contribution in [2.45, 2.75) is 12.8 Å². The van der Waals surface area contributed by atoms with E-state index in [1.165, 1.54) is 11.1 Å². The van der Waals surface area contributed by atoms with Crippen molar-refractivity contribution in [1.29, 1.82) is 0 Å². The molecule has 0 aromatic heterocycles. The Morgan fingerprint density at radius 1 is 0.500 bits per heavy atom. The number of hydrogen-bond acceptors (Lipinski definition) is 3. The van der Waals surface area contributed by atoms with Crippen molar-refractivity contribution >= 4 is 17.3 Å². The van der Waals surface area contributed by atoms with E-state index in [0.717, 1.165) is 35.1 Å². The predicted octanol–water partition coefficient (Wildman–Crippen LogP) is 7.79. The van der Waals surface area contributed by atoms with Gasteiger partial charge < -0.3 is 9.47 Å². The molecule has 0 saturated heterocycles. The highest BCUT2D eigenvalue weighted by molar-refractivity contribution is 5.72. The summed E-state index contributed by atoms with van der Waals surface area (Å²) in [6.07, 6.45) is 5.03. The van der Waals surface area contributed by atoms with Crippen LogP contribution in [0.1, 0.15) is 22.3 Å². The van der Waals surface area contributed by atoms with E-state index in [0.29, 0.717) is 0 Å². The Morgan fingerprint density at radius 3 is 1.19 bits per heavy atom. The second-order valence-corrected chi connectivity index (χ2v) is 8.40. The zero-order chi connectivity index (χ0) is 24.8. The van der Waals surface area contributed by atoms with Gasteiger partial charge in [0.05, 0.1) is 0 Å². The minimum absolute atomic E-state index is 0.143. The maximum atomic E-state index is 12.6. The van der Waals surface area contributed by atoms with Crippen molar-refractivity contribution < 1.29 is 14.3 Å². The van der Waals surface area contributed by atoms with Gasteiger partial charge in [-0.15, -0.1) is 0 Å². The normalized spacial score (nSPS) is 11.7. The molecule has 0 saturated carbocycles.